The van der Waals surface area contributed by atoms with Crippen molar-refractivity contribution < 1.29 is 4.79 Å². The topological polar surface area (TPSA) is 36.4 Å². The first kappa shape index (κ1) is 12.3. The van der Waals surface area contributed by atoms with Gasteiger partial charge in [-0.3, -0.25) is 4.79 Å². The van der Waals surface area contributed by atoms with Gasteiger partial charge in [-0.1, -0.05) is 0 Å². The number of hydrogen-bond acceptors (Lipinski definition) is 4. The first-order chi connectivity index (χ1) is 9.81. The van der Waals surface area contributed by atoms with E-state index in [1.807, 2.05) is 23.7 Å². The zero-order valence-electron chi connectivity index (χ0n) is 11.3. The molecular formula is C15H17N3OS. The molecule has 4 heterocycles. The fourth-order valence-electron chi connectivity index (χ4n) is 3.31. The standard InChI is InChI=1S/C15H17N3OS/c19-15(11-1-2-13-14(9-11)20-10-16-13)18-8-7-17-5-3-12(18)4-6-17/h1-2,9-10,12H,3-8H2. The molecule has 0 unspecified atom stereocenters. The fraction of sp³-hybridized carbons (Fsp3) is 0.467. The summed E-state index contributed by atoms with van der Waals surface area (Å²) in [6, 6.07) is 6.30. The van der Waals surface area contributed by atoms with Crippen molar-refractivity contribution in [2.24, 2.45) is 0 Å². The first-order valence-corrected chi connectivity index (χ1v) is 8.06. The van der Waals surface area contributed by atoms with Crippen molar-refractivity contribution in [2.45, 2.75) is 18.9 Å². The second-order valence-electron chi connectivity index (χ2n) is 5.61. The molecule has 0 radical (unpaired) electrons. The van der Waals surface area contributed by atoms with E-state index < -0.39 is 0 Å². The Bertz CT molecular complexity index is 645. The predicted octanol–water partition coefficient (Wildman–Crippen LogP) is 2.22. The number of hydrogen-bond donors (Lipinski definition) is 0. The lowest BCUT2D eigenvalue weighted by molar-refractivity contribution is 0.0685. The highest BCUT2D eigenvalue weighted by Gasteiger charge is 2.32. The molecule has 1 aromatic heterocycles. The number of carbonyl (C=O) groups excluding carboxylic acids is 1. The van der Waals surface area contributed by atoms with Crippen LogP contribution in [0.25, 0.3) is 10.2 Å². The van der Waals surface area contributed by atoms with Crippen LogP contribution in [-0.4, -0.2) is 52.9 Å². The molecule has 0 aliphatic carbocycles. The largest absolute Gasteiger partial charge is 0.334 e. The van der Waals surface area contributed by atoms with E-state index in [0.717, 1.165) is 54.8 Å². The van der Waals surface area contributed by atoms with Gasteiger partial charge in [0.2, 0.25) is 0 Å². The smallest absolute Gasteiger partial charge is 0.254 e. The number of rotatable bonds is 1. The van der Waals surface area contributed by atoms with Crippen LogP contribution in [0.4, 0.5) is 0 Å². The van der Waals surface area contributed by atoms with Crippen molar-refractivity contribution in [2.75, 3.05) is 26.2 Å². The zero-order chi connectivity index (χ0) is 13.5. The van der Waals surface area contributed by atoms with E-state index in [2.05, 4.69) is 14.8 Å². The zero-order valence-corrected chi connectivity index (χ0v) is 12.1. The molecule has 0 atom stereocenters. The van der Waals surface area contributed by atoms with Crippen molar-refractivity contribution >= 4 is 27.5 Å². The molecule has 4 nitrogen and oxygen atoms in total. The summed E-state index contributed by atoms with van der Waals surface area (Å²) in [6.07, 6.45) is 2.24. The molecule has 3 aliphatic heterocycles. The summed E-state index contributed by atoms with van der Waals surface area (Å²) in [5.74, 6) is 0.189. The minimum absolute atomic E-state index is 0.189. The van der Waals surface area contributed by atoms with Gasteiger partial charge in [0.25, 0.3) is 5.91 Å². The molecule has 3 aliphatic rings. The highest BCUT2D eigenvalue weighted by molar-refractivity contribution is 7.16. The number of aromatic nitrogens is 1. The van der Waals surface area contributed by atoms with Crippen LogP contribution in [-0.2, 0) is 0 Å². The van der Waals surface area contributed by atoms with Gasteiger partial charge in [-0.15, -0.1) is 11.3 Å². The first-order valence-electron chi connectivity index (χ1n) is 7.18. The third kappa shape index (κ3) is 2.01. The Labute approximate surface area is 122 Å². The Morgan fingerprint density at radius 3 is 2.90 bits per heavy atom. The molecular weight excluding hydrogens is 270 g/mol. The molecule has 0 saturated carbocycles. The van der Waals surface area contributed by atoms with Crippen molar-refractivity contribution in [3.63, 3.8) is 0 Å². The van der Waals surface area contributed by atoms with Gasteiger partial charge in [0.05, 0.1) is 15.7 Å². The summed E-state index contributed by atoms with van der Waals surface area (Å²) in [5.41, 5.74) is 3.62. The van der Waals surface area contributed by atoms with Gasteiger partial charge < -0.3 is 9.80 Å². The average molecular weight is 287 g/mol. The Kier molecular flexibility index (Phi) is 2.97. The van der Waals surface area contributed by atoms with E-state index >= 15 is 0 Å². The summed E-state index contributed by atoms with van der Waals surface area (Å²) in [4.78, 5) is 21.6. The Morgan fingerprint density at radius 1 is 1.20 bits per heavy atom. The minimum atomic E-state index is 0.189. The number of thiazole rings is 1. The monoisotopic (exact) mass is 287 g/mol. The molecule has 3 fully saturated rings. The van der Waals surface area contributed by atoms with Crippen LogP contribution in [0.3, 0.4) is 0 Å². The fourth-order valence-corrected chi connectivity index (χ4v) is 4.02. The molecule has 1 aromatic carbocycles. The van der Waals surface area contributed by atoms with Crippen molar-refractivity contribution in [3.8, 4) is 0 Å². The van der Waals surface area contributed by atoms with E-state index in [0.29, 0.717) is 6.04 Å². The van der Waals surface area contributed by atoms with Crippen LogP contribution >= 0.6 is 11.3 Å². The number of nitrogens with zero attached hydrogens (tertiary/aromatic N) is 3. The second-order valence-corrected chi connectivity index (χ2v) is 6.49. The summed E-state index contributed by atoms with van der Waals surface area (Å²) in [6.45, 7) is 4.17. The lowest BCUT2D eigenvalue weighted by Crippen LogP contribution is -2.41. The van der Waals surface area contributed by atoms with Crippen molar-refractivity contribution in [1.82, 2.24) is 14.8 Å². The van der Waals surface area contributed by atoms with E-state index in [-0.39, 0.29) is 5.91 Å². The third-order valence-corrected chi connectivity index (χ3v) is 5.29. The van der Waals surface area contributed by atoms with Gasteiger partial charge in [-0.25, -0.2) is 4.98 Å². The highest BCUT2D eigenvalue weighted by atomic mass is 32.1. The van der Waals surface area contributed by atoms with E-state index in [1.165, 1.54) is 0 Å². The number of amides is 1. The molecule has 2 bridgehead atoms. The van der Waals surface area contributed by atoms with Crippen LogP contribution < -0.4 is 0 Å². The van der Waals surface area contributed by atoms with E-state index in [1.54, 1.807) is 11.3 Å². The van der Waals surface area contributed by atoms with Gasteiger partial charge in [-0.05, 0) is 31.0 Å². The van der Waals surface area contributed by atoms with Crippen LogP contribution in [0.1, 0.15) is 23.2 Å². The molecule has 5 rings (SSSR count). The van der Waals surface area contributed by atoms with E-state index in [9.17, 15) is 4.79 Å². The predicted molar refractivity (Wildman–Crippen MR) is 80.1 cm³/mol. The average Bonchev–Trinajstić information content (AvgIpc) is 2.76. The van der Waals surface area contributed by atoms with Crippen LogP contribution in [0.2, 0.25) is 0 Å². The van der Waals surface area contributed by atoms with Crippen molar-refractivity contribution in [1.29, 1.82) is 0 Å². The Balaban J connectivity index is 1.65. The molecule has 0 N–H and O–H groups in total. The van der Waals surface area contributed by atoms with Gasteiger partial charge >= 0.3 is 0 Å². The van der Waals surface area contributed by atoms with Gasteiger partial charge in [0.15, 0.2) is 0 Å². The van der Waals surface area contributed by atoms with Gasteiger partial charge in [0, 0.05) is 37.8 Å². The quantitative estimate of drug-likeness (QED) is 0.807. The molecule has 0 spiro atoms. The lowest BCUT2D eigenvalue weighted by Gasteiger charge is -2.31. The minimum Gasteiger partial charge on any atom is -0.334 e. The summed E-state index contributed by atoms with van der Waals surface area (Å²) >= 11 is 1.59. The second kappa shape index (κ2) is 4.82. The maximum absolute atomic E-state index is 12.8. The normalized spacial score (nSPS) is 25.9. The SMILES string of the molecule is O=C(c1ccc2ncsc2c1)N1CCN2CCC1CC2. The number of piperidine rings is 1. The maximum atomic E-state index is 12.8. The third-order valence-electron chi connectivity index (χ3n) is 4.49. The summed E-state index contributed by atoms with van der Waals surface area (Å²) in [7, 11) is 0. The molecule has 20 heavy (non-hydrogen) atoms. The lowest BCUT2D eigenvalue weighted by atomic mass is 10.0. The number of carbonyl (C=O) groups is 1. The summed E-state index contributed by atoms with van der Waals surface area (Å²) in [5, 5.41) is 0. The highest BCUT2D eigenvalue weighted by Crippen LogP contribution is 2.25. The molecule has 1 amide bonds. The van der Waals surface area contributed by atoms with Gasteiger partial charge in [0.1, 0.15) is 0 Å². The van der Waals surface area contributed by atoms with Crippen LogP contribution in [0.15, 0.2) is 23.7 Å². The Morgan fingerprint density at radius 2 is 2.05 bits per heavy atom. The molecule has 5 heteroatoms. The van der Waals surface area contributed by atoms with Crippen LogP contribution in [0.5, 0.6) is 0 Å². The number of fused-ring (bicyclic) bond motifs is 5. The van der Waals surface area contributed by atoms with Crippen LogP contribution in [0, 0.1) is 0 Å². The van der Waals surface area contributed by atoms with E-state index in [4.69, 9.17) is 0 Å². The Hall–Kier alpha value is -1.46. The maximum Gasteiger partial charge on any atom is 0.254 e. The molecule has 104 valence electrons. The molecule has 3 saturated heterocycles. The van der Waals surface area contributed by atoms with Gasteiger partial charge in [-0.2, -0.15) is 0 Å². The van der Waals surface area contributed by atoms with Crippen molar-refractivity contribution in [3.05, 3.63) is 29.3 Å². The number of benzene rings is 1. The molecule has 2 aromatic rings. The summed E-state index contributed by atoms with van der Waals surface area (Å²) < 4.78 is 1.10.